The summed E-state index contributed by atoms with van der Waals surface area (Å²) in [7, 11) is 2.24. The SMILES string of the molecule is CCC[NH+](C)C(C)C.[Cl-]. The third-order valence-electron chi connectivity index (χ3n) is 1.63. The first-order chi connectivity index (χ1) is 3.68. The second-order valence-electron chi connectivity index (χ2n) is 2.75. The number of hydrogen-bond acceptors (Lipinski definition) is 0. The summed E-state index contributed by atoms with van der Waals surface area (Å²) < 4.78 is 0. The zero-order valence-electron chi connectivity index (χ0n) is 6.87. The maximum absolute atomic E-state index is 2.25. The van der Waals surface area contributed by atoms with E-state index in [0.29, 0.717) is 0 Å². The maximum atomic E-state index is 2.25. The molecular weight excluding hydrogens is 134 g/mol. The molecule has 0 fully saturated rings. The van der Waals surface area contributed by atoms with Gasteiger partial charge in [0.15, 0.2) is 0 Å². The molecule has 0 aliphatic heterocycles. The van der Waals surface area contributed by atoms with Gasteiger partial charge in [0.2, 0.25) is 0 Å². The molecule has 1 nitrogen and oxygen atoms in total. The second kappa shape index (κ2) is 6.37. The Morgan fingerprint density at radius 3 is 1.89 bits per heavy atom. The van der Waals surface area contributed by atoms with Gasteiger partial charge in [-0.2, -0.15) is 0 Å². The van der Waals surface area contributed by atoms with Gasteiger partial charge in [0.25, 0.3) is 0 Å². The van der Waals surface area contributed by atoms with Crippen LogP contribution in [-0.2, 0) is 0 Å². The Labute approximate surface area is 64.8 Å². The molecule has 0 bridgehead atoms. The lowest BCUT2D eigenvalue weighted by Crippen LogP contribution is -3.12. The van der Waals surface area contributed by atoms with E-state index in [9.17, 15) is 0 Å². The van der Waals surface area contributed by atoms with Gasteiger partial charge in [0, 0.05) is 0 Å². The predicted molar refractivity (Wildman–Crippen MR) is 37.2 cm³/mol. The van der Waals surface area contributed by atoms with E-state index in [0.717, 1.165) is 6.04 Å². The maximum Gasteiger partial charge on any atom is 0.0815 e. The molecule has 0 aromatic heterocycles. The molecular formula is C7H18ClN. The van der Waals surface area contributed by atoms with Crippen LogP contribution in [0.5, 0.6) is 0 Å². The number of nitrogens with one attached hydrogen (secondary N) is 1. The standard InChI is InChI=1S/C7H17N.ClH/c1-5-6-8(4)7(2)3;/h7H,5-6H2,1-4H3;1H. The van der Waals surface area contributed by atoms with Crippen molar-refractivity contribution in [2.75, 3.05) is 13.6 Å². The normalized spacial score (nSPS) is 13.0. The van der Waals surface area contributed by atoms with Crippen LogP contribution in [0, 0.1) is 0 Å². The zero-order chi connectivity index (χ0) is 6.57. The molecule has 0 saturated carbocycles. The summed E-state index contributed by atoms with van der Waals surface area (Å²) >= 11 is 0. The minimum Gasteiger partial charge on any atom is -1.00 e. The van der Waals surface area contributed by atoms with Crippen molar-refractivity contribution in [3.05, 3.63) is 0 Å². The second-order valence-corrected chi connectivity index (χ2v) is 2.75. The molecule has 2 heteroatoms. The van der Waals surface area contributed by atoms with Gasteiger partial charge in [-0.1, -0.05) is 6.92 Å². The van der Waals surface area contributed by atoms with E-state index in [-0.39, 0.29) is 12.4 Å². The van der Waals surface area contributed by atoms with E-state index in [2.05, 4.69) is 27.8 Å². The molecule has 1 unspecified atom stereocenters. The Hall–Kier alpha value is 0.250. The Morgan fingerprint density at radius 2 is 1.78 bits per heavy atom. The number of hydrogen-bond donors (Lipinski definition) is 1. The molecule has 0 rings (SSSR count). The third kappa shape index (κ3) is 6.13. The van der Waals surface area contributed by atoms with Crippen LogP contribution in [0.2, 0.25) is 0 Å². The quantitative estimate of drug-likeness (QED) is 0.449. The highest BCUT2D eigenvalue weighted by atomic mass is 35.5. The van der Waals surface area contributed by atoms with Crippen LogP contribution in [0.15, 0.2) is 0 Å². The predicted octanol–water partition coefficient (Wildman–Crippen LogP) is -2.68. The van der Waals surface area contributed by atoms with Gasteiger partial charge in [-0.05, 0) is 20.3 Å². The van der Waals surface area contributed by atoms with Crippen LogP contribution in [0.25, 0.3) is 0 Å². The fourth-order valence-electron chi connectivity index (χ4n) is 0.683. The highest BCUT2D eigenvalue weighted by molar-refractivity contribution is 4.30. The molecule has 0 saturated heterocycles. The lowest BCUT2D eigenvalue weighted by atomic mass is 10.3. The molecule has 0 aliphatic rings. The Kier molecular flexibility index (Phi) is 8.48. The van der Waals surface area contributed by atoms with E-state index in [4.69, 9.17) is 0 Å². The summed E-state index contributed by atoms with van der Waals surface area (Å²) in [6.07, 6.45) is 1.30. The number of quaternary nitrogens is 1. The Morgan fingerprint density at radius 1 is 1.33 bits per heavy atom. The summed E-state index contributed by atoms with van der Waals surface area (Å²) in [4.78, 5) is 1.63. The molecule has 0 radical (unpaired) electrons. The van der Waals surface area contributed by atoms with Crippen molar-refractivity contribution < 1.29 is 17.3 Å². The topological polar surface area (TPSA) is 4.44 Å². The zero-order valence-corrected chi connectivity index (χ0v) is 7.63. The van der Waals surface area contributed by atoms with Gasteiger partial charge in [-0.3, -0.25) is 0 Å². The van der Waals surface area contributed by atoms with Gasteiger partial charge < -0.3 is 17.3 Å². The highest BCUT2D eigenvalue weighted by Crippen LogP contribution is 1.68. The molecule has 0 aromatic carbocycles. The minimum absolute atomic E-state index is 0. The summed E-state index contributed by atoms with van der Waals surface area (Å²) in [5.41, 5.74) is 0. The average molecular weight is 152 g/mol. The molecule has 0 aliphatic carbocycles. The van der Waals surface area contributed by atoms with Gasteiger partial charge in [-0.25, -0.2) is 0 Å². The summed E-state index contributed by atoms with van der Waals surface area (Å²) in [5, 5.41) is 0. The van der Waals surface area contributed by atoms with Crippen LogP contribution in [0.4, 0.5) is 0 Å². The fraction of sp³-hybridized carbons (Fsp3) is 1.00. The average Bonchev–Trinajstić information content (AvgIpc) is 1.67. The largest absolute Gasteiger partial charge is 1.00 e. The van der Waals surface area contributed by atoms with Crippen LogP contribution in [-0.4, -0.2) is 19.6 Å². The van der Waals surface area contributed by atoms with Crippen LogP contribution < -0.4 is 17.3 Å². The summed E-state index contributed by atoms with van der Waals surface area (Å²) in [6, 6.07) is 0.787. The monoisotopic (exact) mass is 151 g/mol. The highest BCUT2D eigenvalue weighted by Gasteiger charge is 2.02. The third-order valence-corrected chi connectivity index (χ3v) is 1.63. The van der Waals surface area contributed by atoms with Crippen molar-refractivity contribution in [3.63, 3.8) is 0 Å². The van der Waals surface area contributed by atoms with Crippen LogP contribution in [0.3, 0.4) is 0 Å². The van der Waals surface area contributed by atoms with Gasteiger partial charge in [0.05, 0.1) is 19.6 Å². The lowest BCUT2D eigenvalue weighted by Gasteiger charge is -2.16. The number of halogens is 1. The smallest absolute Gasteiger partial charge is 0.0815 e. The molecule has 0 aromatic rings. The Balaban J connectivity index is 0. The molecule has 0 heterocycles. The van der Waals surface area contributed by atoms with Crippen molar-refractivity contribution >= 4 is 0 Å². The van der Waals surface area contributed by atoms with Crippen molar-refractivity contribution in [2.45, 2.75) is 33.2 Å². The summed E-state index contributed by atoms with van der Waals surface area (Å²) in [6.45, 7) is 8.04. The first-order valence-corrected chi connectivity index (χ1v) is 3.50. The summed E-state index contributed by atoms with van der Waals surface area (Å²) in [5.74, 6) is 0. The lowest BCUT2D eigenvalue weighted by molar-refractivity contribution is -0.901. The molecule has 1 N–H and O–H groups in total. The van der Waals surface area contributed by atoms with Gasteiger partial charge >= 0.3 is 0 Å². The minimum atomic E-state index is 0. The van der Waals surface area contributed by atoms with Crippen molar-refractivity contribution in [1.29, 1.82) is 0 Å². The first kappa shape index (κ1) is 12.0. The molecule has 0 spiro atoms. The van der Waals surface area contributed by atoms with Crippen molar-refractivity contribution in [2.24, 2.45) is 0 Å². The van der Waals surface area contributed by atoms with Crippen LogP contribution >= 0.6 is 0 Å². The van der Waals surface area contributed by atoms with E-state index >= 15 is 0 Å². The molecule has 9 heavy (non-hydrogen) atoms. The van der Waals surface area contributed by atoms with E-state index in [1.54, 1.807) is 4.90 Å². The van der Waals surface area contributed by atoms with E-state index < -0.39 is 0 Å². The molecule has 0 amide bonds. The molecule has 58 valence electrons. The van der Waals surface area contributed by atoms with E-state index in [1.807, 2.05) is 0 Å². The van der Waals surface area contributed by atoms with Gasteiger partial charge in [0.1, 0.15) is 0 Å². The van der Waals surface area contributed by atoms with Crippen LogP contribution in [0.1, 0.15) is 27.2 Å². The van der Waals surface area contributed by atoms with E-state index in [1.165, 1.54) is 13.0 Å². The molecule has 1 atom stereocenters. The van der Waals surface area contributed by atoms with Gasteiger partial charge in [-0.15, -0.1) is 0 Å². The van der Waals surface area contributed by atoms with Crippen molar-refractivity contribution in [3.8, 4) is 0 Å². The fourth-order valence-corrected chi connectivity index (χ4v) is 0.683. The number of rotatable bonds is 3. The Bertz CT molecular complexity index is 54.9. The van der Waals surface area contributed by atoms with Crippen molar-refractivity contribution in [1.82, 2.24) is 0 Å². The first-order valence-electron chi connectivity index (χ1n) is 3.50.